The standard InChI is InChI=1S/C12H13N5S/c13-11(14)17-12(15)18-7-9-6-5-8-3-1-2-4-10(8)16-9/h1-6H,7H2,(H5,13,14,15,17). The Hall–Kier alpha value is -2.08. The summed E-state index contributed by atoms with van der Waals surface area (Å²) in [7, 11) is 0. The third-order valence-corrected chi connectivity index (χ3v) is 3.05. The molecule has 1 aromatic carbocycles. The van der Waals surface area contributed by atoms with Crippen LogP contribution in [-0.2, 0) is 5.75 Å². The van der Waals surface area contributed by atoms with Crippen LogP contribution in [0.25, 0.3) is 10.9 Å². The zero-order chi connectivity index (χ0) is 13.0. The third-order valence-electron chi connectivity index (χ3n) is 2.24. The molecule has 0 radical (unpaired) electrons. The number of benzene rings is 1. The van der Waals surface area contributed by atoms with E-state index in [-0.39, 0.29) is 11.1 Å². The molecule has 0 saturated carbocycles. The van der Waals surface area contributed by atoms with Crippen LogP contribution < -0.4 is 11.5 Å². The number of rotatable bonds is 2. The average Bonchev–Trinajstić information content (AvgIpc) is 2.35. The second kappa shape index (κ2) is 5.50. The van der Waals surface area contributed by atoms with E-state index in [9.17, 15) is 0 Å². The molecule has 5 N–H and O–H groups in total. The van der Waals surface area contributed by atoms with Gasteiger partial charge in [0, 0.05) is 11.1 Å². The Bertz CT molecular complexity index is 604. The summed E-state index contributed by atoms with van der Waals surface area (Å²) in [5.74, 6) is 0.472. The molecule has 0 saturated heterocycles. The highest BCUT2D eigenvalue weighted by atomic mass is 32.2. The number of thioether (sulfide) groups is 1. The van der Waals surface area contributed by atoms with Crippen LogP contribution in [0.3, 0.4) is 0 Å². The first-order chi connectivity index (χ1) is 8.65. The number of nitrogens with two attached hydrogens (primary N) is 2. The van der Waals surface area contributed by atoms with Crippen LogP contribution in [0.2, 0.25) is 0 Å². The zero-order valence-electron chi connectivity index (χ0n) is 9.63. The Balaban J connectivity index is 2.08. The molecule has 5 nitrogen and oxygen atoms in total. The van der Waals surface area contributed by atoms with Crippen molar-refractivity contribution in [1.82, 2.24) is 4.98 Å². The Kier molecular flexibility index (Phi) is 3.78. The molecule has 1 heterocycles. The van der Waals surface area contributed by atoms with Gasteiger partial charge in [-0.1, -0.05) is 36.0 Å². The van der Waals surface area contributed by atoms with Crippen LogP contribution in [0.4, 0.5) is 0 Å². The normalized spacial score (nSPS) is 10.2. The van der Waals surface area contributed by atoms with Crippen molar-refractivity contribution in [3.63, 3.8) is 0 Å². The predicted octanol–water partition coefficient (Wildman–Crippen LogP) is 1.68. The fourth-order valence-corrected chi connectivity index (χ4v) is 2.10. The molecule has 6 heteroatoms. The van der Waals surface area contributed by atoms with Crippen molar-refractivity contribution >= 4 is 33.8 Å². The molecule has 2 aromatic rings. The lowest BCUT2D eigenvalue weighted by molar-refractivity contribution is 1.23. The SMILES string of the molecule is N=C(N=C(N)N)SCc1ccc2ccccc2n1. The smallest absolute Gasteiger partial charge is 0.193 e. The van der Waals surface area contributed by atoms with Crippen molar-refractivity contribution in [1.29, 1.82) is 5.41 Å². The van der Waals surface area contributed by atoms with E-state index in [0.717, 1.165) is 16.6 Å². The van der Waals surface area contributed by atoms with Crippen molar-refractivity contribution in [2.75, 3.05) is 0 Å². The molecule has 18 heavy (non-hydrogen) atoms. The van der Waals surface area contributed by atoms with E-state index in [1.165, 1.54) is 11.8 Å². The van der Waals surface area contributed by atoms with Crippen LogP contribution in [0.5, 0.6) is 0 Å². The van der Waals surface area contributed by atoms with Gasteiger partial charge in [-0.05, 0) is 12.1 Å². The molecule has 92 valence electrons. The maximum Gasteiger partial charge on any atom is 0.193 e. The fourth-order valence-electron chi connectivity index (χ4n) is 1.48. The second-order valence-electron chi connectivity index (χ2n) is 3.63. The van der Waals surface area contributed by atoms with Gasteiger partial charge in [-0.25, -0.2) is 0 Å². The zero-order valence-corrected chi connectivity index (χ0v) is 10.4. The lowest BCUT2D eigenvalue weighted by Gasteiger charge is -2.02. The van der Waals surface area contributed by atoms with Gasteiger partial charge in [-0.2, -0.15) is 4.99 Å². The minimum absolute atomic E-state index is 0.0879. The summed E-state index contributed by atoms with van der Waals surface area (Å²) in [4.78, 5) is 8.14. The molecular formula is C12H13N5S. The fraction of sp³-hybridized carbons (Fsp3) is 0.0833. The largest absolute Gasteiger partial charge is 0.370 e. The van der Waals surface area contributed by atoms with Crippen LogP contribution in [0.1, 0.15) is 5.69 Å². The summed E-state index contributed by atoms with van der Waals surface area (Å²) in [5.41, 5.74) is 12.2. The summed E-state index contributed by atoms with van der Waals surface area (Å²) in [6, 6.07) is 11.9. The summed E-state index contributed by atoms with van der Waals surface area (Å²) in [6.45, 7) is 0. The number of nitrogens with zero attached hydrogens (tertiary/aromatic N) is 2. The van der Waals surface area contributed by atoms with Gasteiger partial charge in [0.05, 0.1) is 11.2 Å². The summed E-state index contributed by atoms with van der Waals surface area (Å²) < 4.78 is 0. The van der Waals surface area contributed by atoms with E-state index in [0.29, 0.717) is 5.75 Å². The first-order valence-corrected chi connectivity index (χ1v) is 6.29. The molecule has 2 rings (SSSR count). The molecule has 0 spiro atoms. The Morgan fingerprint density at radius 1 is 1.22 bits per heavy atom. The summed E-state index contributed by atoms with van der Waals surface area (Å²) >= 11 is 1.24. The third kappa shape index (κ3) is 3.21. The second-order valence-corrected chi connectivity index (χ2v) is 4.59. The number of guanidine groups is 1. The number of aromatic nitrogens is 1. The first-order valence-electron chi connectivity index (χ1n) is 5.31. The molecule has 0 aliphatic carbocycles. The van der Waals surface area contributed by atoms with Crippen LogP contribution in [-0.4, -0.2) is 16.1 Å². The number of hydrogen-bond acceptors (Lipinski definition) is 3. The highest BCUT2D eigenvalue weighted by molar-refractivity contribution is 8.13. The molecule has 0 bridgehead atoms. The average molecular weight is 259 g/mol. The van der Waals surface area contributed by atoms with Crippen molar-refractivity contribution in [3.8, 4) is 0 Å². The van der Waals surface area contributed by atoms with Crippen molar-refractivity contribution in [3.05, 3.63) is 42.1 Å². The van der Waals surface area contributed by atoms with E-state index >= 15 is 0 Å². The quantitative estimate of drug-likeness (QED) is 0.564. The van der Waals surface area contributed by atoms with Gasteiger partial charge >= 0.3 is 0 Å². The van der Waals surface area contributed by atoms with Gasteiger partial charge in [0.2, 0.25) is 0 Å². The van der Waals surface area contributed by atoms with Crippen LogP contribution in [0.15, 0.2) is 41.4 Å². The predicted molar refractivity (Wildman–Crippen MR) is 76.6 cm³/mol. The number of pyridine rings is 1. The molecule has 0 amide bonds. The van der Waals surface area contributed by atoms with Gasteiger partial charge < -0.3 is 11.5 Å². The number of para-hydroxylation sites is 1. The molecule has 1 aromatic heterocycles. The highest BCUT2D eigenvalue weighted by Crippen LogP contribution is 2.16. The lowest BCUT2D eigenvalue weighted by atomic mass is 10.2. The first kappa shape index (κ1) is 12.4. The topological polar surface area (TPSA) is 101 Å². The Morgan fingerprint density at radius 2 is 2.00 bits per heavy atom. The molecule has 0 fully saturated rings. The van der Waals surface area contributed by atoms with E-state index in [4.69, 9.17) is 16.9 Å². The van der Waals surface area contributed by atoms with E-state index < -0.39 is 0 Å². The number of fused-ring (bicyclic) bond motifs is 1. The monoisotopic (exact) mass is 259 g/mol. The Labute approximate surface area is 109 Å². The van der Waals surface area contributed by atoms with Crippen molar-refractivity contribution in [2.45, 2.75) is 5.75 Å². The molecule has 0 aliphatic rings. The highest BCUT2D eigenvalue weighted by Gasteiger charge is 2.01. The Morgan fingerprint density at radius 3 is 2.78 bits per heavy atom. The number of hydrogen-bond donors (Lipinski definition) is 3. The minimum atomic E-state index is -0.0982. The van der Waals surface area contributed by atoms with Gasteiger partial charge in [0.25, 0.3) is 0 Å². The number of nitrogens with one attached hydrogen (secondary N) is 1. The van der Waals surface area contributed by atoms with Gasteiger partial charge in [-0.3, -0.25) is 10.4 Å². The van der Waals surface area contributed by atoms with E-state index in [2.05, 4.69) is 9.98 Å². The number of amidine groups is 1. The maximum atomic E-state index is 7.52. The van der Waals surface area contributed by atoms with Crippen molar-refractivity contribution in [2.24, 2.45) is 16.5 Å². The summed E-state index contributed by atoms with van der Waals surface area (Å²) in [5, 5.41) is 8.71. The number of aliphatic imine (C=N–C) groups is 1. The minimum Gasteiger partial charge on any atom is -0.370 e. The van der Waals surface area contributed by atoms with E-state index in [1.54, 1.807) is 0 Å². The van der Waals surface area contributed by atoms with E-state index in [1.807, 2.05) is 36.4 Å². The van der Waals surface area contributed by atoms with Crippen LogP contribution >= 0.6 is 11.8 Å². The molecule has 0 aliphatic heterocycles. The molecular weight excluding hydrogens is 246 g/mol. The van der Waals surface area contributed by atoms with Gasteiger partial charge in [0.15, 0.2) is 11.1 Å². The van der Waals surface area contributed by atoms with Crippen molar-refractivity contribution < 1.29 is 0 Å². The van der Waals surface area contributed by atoms with Gasteiger partial charge in [-0.15, -0.1) is 0 Å². The maximum absolute atomic E-state index is 7.52. The van der Waals surface area contributed by atoms with Crippen LogP contribution in [0, 0.1) is 5.41 Å². The molecule has 0 atom stereocenters. The molecule has 0 unspecified atom stereocenters. The summed E-state index contributed by atoms with van der Waals surface area (Å²) in [6.07, 6.45) is 0. The van der Waals surface area contributed by atoms with Gasteiger partial charge in [0.1, 0.15) is 0 Å². The lowest BCUT2D eigenvalue weighted by Crippen LogP contribution is -2.23.